The SMILES string of the molecule is CCCCCCCC/C=C/CCCCCCCCCCCC(=O)OCCCCCCC. The molecule has 0 rings (SSSR count). The number of esters is 1. The lowest BCUT2D eigenvalue weighted by molar-refractivity contribution is -0.143. The molecule has 0 saturated heterocycles. The number of carbonyl (C=O) groups is 1. The number of carbonyl (C=O) groups excluding carboxylic acids is 1. The van der Waals surface area contributed by atoms with E-state index in [1.54, 1.807) is 0 Å². The molecule has 2 nitrogen and oxygen atoms in total. The largest absolute Gasteiger partial charge is 0.466 e. The summed E-state index contributed by atoms with van der Waals surface area (Å²) in [6.07, 6.45) is 34.0. The van der Waals surface area contributed by atoms with Gasteiger partial charge in [0.15, 0.2) is 0 Å². The zero-order valence-corrected chi connectivity index (χ0v) is 21.4. The molecule has 0 aliphatic rings. The molecule has 0 aliphatic carbocycles. The first kappa shape index (κ1) is 30.2. The van der Waals surface area contributed by atoms with Gasteiger partial charge in [0.2, 0.25) is 0 Å². The minimum absolute atomic E-state index is 0.0107. The fourth-order valence-electron chi connectivity index (χ4n) is 4.01. The minimum Gasteiger partial charge on any atom is -0.466 e. The van der Waals surface area contributed by atoms with Gasteiger partial charge in [0.05, 0.1) is 6.61 Å². The summed E-state index contributed by atoms with van der Waals surface area (Å²) < 4.78 is 5.32. The first-order chi connectivity index (χ1) is 15.3. The molecule has 0 aromatic carbocycles. The van der Waals surface area contributed by atoms with E-state index < -0.39 is 0 Å². The molecule has 0 amide bonds. The smallest absolute Gasteiger partial charge is 0.305 e. The van der Waals surface area contributed by atoms with Crippen molar-refractivity contribution in [1.29, 1.82) is 0 Å². The van der Waals surface area contributed by atoms with Crippen LogP contribution >= 0.6 is 0 Å². The summed E-state index contributed by atoms with van der Waals surface area (Å²) in [5, 5.41) is 0. The number of allylic oxidation sites excluding steroid dienone is 2. The number of rotatable bonds is 25. The number of hydrogen-bond donors (Lipinski definition) is 0. The van der Waals surface area contributed by atoms with Gasteiger partial charge in [-0.3, -0.25) is 4.79 Å². The Labute approximate surface area is 196 Å². The van der Waals surface area contributed by atoms with E-state index in [9.17, 15) is 4.79 Å². The summed E-state index contributed by atoms with van der Waals surface area (Å²) in [7, 11) is 0. The lowest BCUT2D eigenvalue weighted by Gasteiger charge is -2.05. The van der Waals surface area contributed by atoms with E-state index in [1.165, 1.54) is 128 Å². The van der Waals surface area contributed by atoms with Crippen LogP contribution < -0.4 is 0 Å². The molecular weight excluding hydrogens is 380 g/mol. The average molecular weight is 437 g/mol. The van der Waals surface area contributed by atoms with E-state index in [0.29, 0.717) is 13.0 Å². The van der Waals surface area contributed by atoms with Gasteiger partial charge in [0.1, 0.15) is 0 Å². The van der Waals surface area contributed by atoms with E-state index in [-0.39, 0.29) is 5.97 Å². The fourth-order valence-corrected chi connectivity index (χ4v) is 4.01. The third kappa shape index (κ3) is 27.2. The van der Waals surface area contributed by atoms with Crippen LogP contribution in [0.3, 0.4) is 0 Å². The van der Waals surface area contributed by atoms with Gasteiger partial charge in [-0.15, -0.1) is 0 Å². The van der Waals surface area contributed by atoms with Crippen molar-refractivity contribution in [1.82, 2.24) is 0 Å². The molecule has 0 N–H and O–H groups in total. The van der Waals surface area contributed by atoms with Gasteiger partial charge >= 0.3 is 5.97 Å². The maximum Gasteiger partial charge on any atom is 0.305 e. The highest BCUT2D eigenvalue weighted by Gasteiger charge is 2.02. The van der Waals surface area contributed by atoms with Crippen LogP contribution in [0.15, 0.2) is 12.2 Å². The van der Waals surface area contributed by atoms with Crippen molar-refractivity contribution in [2.45, 2.75) is 162 Å². The van der Waals surface area contributed by atoms with Crippen molar-refractivity contribution in [2.24, 2.45) is 0 Å². The first-order valence-electron chi connectivity index (χ1n) is 14.1. The molecule has 0 radical (unpaired) electrons. The van der Waals surface area contributed by atoms with Gasteiger partial charge in [-0.2, -0.15) is 0 Å². The molecule has 0 atom stereocenters. The molecule has 0 aromatic heterocycles. The number of ether oxygens (including phenoxy) is 1. The van der Waals surface area contributed by atoms with Crippen molar-refractivity contribution in [3.05, 3.63) is 12.2 Å². The normalized spacial score (nSPS) is 11.4. The molecule has 0 heterocycles. The third-order valence-corrected chi connectivity index (χ3v) is 6.15. The molecule has 0 aromatic rings. The summed E-state index contributed by atoms with van der Waals surface area (Å²) in [6.45, 7) is 5.12. The minimum atomic E-state index is 0.0107. The summed E-state index contributed by atoms with van der Waals surface area (Å²) >= 11 is 0. The Balaban J connectivity index is 3.16. The highest BCUT2D eigenvalue weighted by molar-refractivity contribution is 5.69. The van der Waals surface area contributed by atoms with Crippen molar-refractivity contribution >= 4 is 5.97 Å². The molecule has 184 valence electrons. The van der Waals surface area contributed by atoms with Crippen LogP contribution in [-0.4, -0.2) is 12.6 Å². The van der Waals surface area contributed by atoms with Crippen LogP contribution in [0, 0.1) is 0 Å². The Bertz CT molecular complexity index is 375. The van der Waals surface area contributed by atoms with Crippen LogP contribution in [-0.2, 0) is 9.53 Å². The van der Waals surface area contributed by atoms with Crippen molar-refractivity contribution in [3.63, 3.8) is 0 Å². The number of hydrogen-bond acceptors (Lipinski definition) is 2. The molecule has 0 fully saturated rings. The number of unbranched alkanes of at least 4 members (excludes halogenated alkanes) is 19. The van der Waals surface area contributed by atoms with Crippen molar-refractivity contribution < 1.29 is 9.53 Å². The van der Waals surface area contributed by atoms with Gasteiger partial charge in [0.25, 0.3) is 0 Å². The second-order valence-electron chi connectivity index (χ2n) is 9.38. The lowest BCUT2D eigenvalue weighted by atomic mass is 10.1. The second-order valence-corrected chi connectivity index (χ2v) is 9.38. The molecule has 2 heteroatoms. The summed E-state index contributed by atoms with van der Waals surface area (Å²) in [4.78, 5) is 11.7. The summed E-state index contributed by atoms with van der Waals surface area (Å²) in [6, 6.07) is 0. The molecular formula is C29H56O2. The molecule has 0 unspecified atom stereocenters. The van der Waals surface area contributed by atoms with Crippen LogP contribution in [0.1, 0.15) is 162 Å². The predicted molar refractivity (Wildman–Crippen MR) is 138 cm³/mol. The highest BCUT2D eigenvalue weighted by Crippen LogP contribution is 2.12. The van der Waals surface area contributed by atoms with Crippen molar-refractivity contribution in [3.8, 4) is 0 Å². The highest BCUT2D eigenvalue weighted by atomic mass is 16.5. The molecule has 0 saturated carbocycles. The van der Waals surface area contributed by atoms with Gasteiger partial charge in [0, 0.05) is 6.42 Å². The van der Waals surface area contributed by atoms with E-state index in [1.807, 2.05) is 0 Å². The monoisotopic (exact) mass is 436 g/mol. The standard InChI is InChI=1S/C29H56O2/c1-3-5-7-9-10-11-12-13-14-15-16-17-18-19-20-21-22-23-25-27-29(30)31-28-26-24-8-6-4-2/h13-14H,3-12,15-28H2,1-2H3/b14-13+. The average Bonchev–Trinajstić information content (AvgIpc) is 2.77. The van der Waals surface area contributed by atoms with Crippen LogP contribution in [0.2, 0.25) is 0 Å². The van der Waals surface area contributed by atoms with Gasteiger partial charge in [-0.1, -0.05) is 129 Å². The molecule has 0 bridgehead atoms. The second kappa shape index (κ2) is 27.2. The summed E-state index contributed by atoms with van der Waals surface area (Å²) in [5.41, 5.74) is 0. The Hall–Kier alpha value is -0.790. The Morgan fingerprint density at radius 1 is 0.516 bits per heavy atom. The van der Waals surface area contributed by atoms with Crippen LogP contribution in [0.4, 0.5) is 0 Å². The quantitative estimate of drug-likeness (QED) is 0.0808. The van der Waals surface area contributed by atoms with E-state index in [0.717, 1.165) is 12.8 Å². The summed E-state index contributed by atoms with van der Waals surface area (Å²) in [5.74, 6) is 0.0107. The Kier molecular flexibility index (Phi) is 26.5. The van der Waals surface area contributed by atoms with E-state index in [4.69, 9.17) is 4.74 Å². The van der Waals surface area contributed by atoms with Gasteiger partial charge in [-0.25, -0.2) is 0 Å². The fraction of sp³-hybridized carbons (Fsp3) is 0.897. The first-order valence-corrected chi connectivity index (χ1v) is 14.1. The topological polar surface area (TPSA) is 26.3 Å². The van der Waals surface area contributed by atoms with Gasteiger partial charge < -0.3 is 4.74 Å². The third-order valence-electron chi connectivity index (χ3n) is 6.15. The lowest BCUT2D eigenvalue weighted by Crippen LogP contribution is -2.05. The maximum atomic E-state index is 11.7. The van der Waals surface area contributed by atoms with Crippen LogP contribution in [0.25, 0.3) is 0 Å². The zero-order valence-electron chi connectivity index (χ0n) is 21.4. The molecule has 0 aliphatic heterocycles. The predicted octanol–water partition coefficient (Wildman–Crippen LogP) is 10.1. The Morgan fingerprint density at radius 3 is 1.39 bits per heavy atom. The Morgan fingerprint density at radius 2 is 0.903 bits per heavy atom. The maximum absolute atomic E-state index is 11.7. The zero-order chi connectivity index (χ0) is 22.7. The van der Waals surface area contributed by atoms with E-state index in [2.05, 4.69) is 26.0 Å². The van der Waals surface area contributed by atoms with Crippen LogP contribution in [0.5, 0.6) is 0 Å². The molecule has 0 spiro atoms. The van der Waals surface area contributed by atoms with Crippen molar-refractivity contribution in [2.75, 3.05) is 6.61 Å². The van der Waals surface area contributed by atoms with E-state index >= 15 is 0 Å². The molecule has 31 heavy (non-hydrogen) atoms. The van der Waals surface area contributed by atoms with Gasteiger partial charge in [-0.05, 0) is 38.5 Å².